The van der Waals surface area contributed by atoms with Crippen molar-refractivity contribution < 1.29 is 24.3 Å². The molecule has 0 bridgehead atoms. The highest BCUT2D eigenvalue weighted by molar-refractivity contribution is 14.1. The van der Waals surface area contributed by atoms with E-state index >= 15 is 0 Å². The smallest absolute Gasteiger partial charge is 0.243 e. The third-order valence-corrected chi connectivity index (χ3v) is 10.0. The Labute approximate surface area is 294 Å². The summed E-state index contributed by atoms with van der Waals surface area (Å²) in [7, 11) is 0. The highest BCUT2D eigenvalue weighted by Gasteiger charge is 2.37. The van der Waals surface area contributed by atoms with Crippen molar-refractivity contribution in [2.24, 2.45) is 17.8 Å². The van der Waals surface area contributed by atoms with E-state index in [1.165, 1.54) is 0 Å². The van der Waals surface area contributed by atoms with Gasteiger partial charge in [0, 0.05) is 16.7 Å². The first-order valence-electron chi connectivity index (χ1n) is 17.4. The molecule has 0 radical (unpaired) electrons. The van der Waals surface area contributed by atoms with E-state index in [4.69, 9.17) is 0 Å². The number of hydrogen-bond donors (Lipinski definition) is 6. The van der Waals surface area contributed by atoms with E-state index < -0.39 is 30.1 Å². The first-order chi connectivity index (χ1) is 22.3. The molecular weight excluding hydrogens is 711 g/mol. The number of β-amino-alcohol motifs (C(OH)–C–C–N with tert-alkyl or cyclic N) is 1. The second kappa shape index (κ2) is 19.0. The van der Waals surface area contributed by atoms with Crippen LogP contribution in [0.1, 0.15) is 85.6 Å². The van der Waals surface area contributed by atoms with Crippen LogP contribution in [-0.4, -0.2) is 89.6 Å². The topological polar surface area (TPSA) is 152 Å². The van der Waals surface area contributed by atoms with Crippen molar-refractivity contribution in [3.05, 3.63) is 33.4 Å². The minimum Gasteiger partial charge on any atom is -0.390 e. The zero-order chi connectivity index (χ0) is 34.7. The lowest BCUT2D eigenvalue weighted by Crippen LogP contribution is -2.60. The van der Waals surface area contributed by atoms with Crippen LogP contribution in [0.15, 0.2) is 24.3 Å². The molecule has 47 heavy (non-hydrogen) atoms. The molecule has 11 nitrogen and oxygen atoms in total. The Morgan fingerprint density at radius 1 is 0.979 bits per heavy atom. The molecule has 0 aliphatic carbocycles. The van der Waals surface area contributed by atoms with Crippen molar-refractivity contribution in [2.45, 2.75) is 123 Å². The van der Waals surface area contributed by atoms with Gasteiger partial charge in [-0.2, -0.15) is 0 Å². The molecule has 2 aliphatic heterocycles. The molecule has 2 aliphatic rings. The molecule has 7 atom stereocenters. The summed E-state index contributed by atoms with van der Waals surface area (Å²) in [5.74, 6) is -1.21. The Hall–Kier alpha value is -2.29. The summed E-state index contributed by atoms with van der Waals surface area (Å²) in [6.45, 7) is 13.8. The number of nitrogens with one attached hydrogen (secondary N) is 5. The maximum Gasteiger partial charge on any atom is 0.243 e. The van der Waals surface area contributed by atoms with Crippen molar-refractivity contribution in [3.63, 3.8) is 0 Å². The van der Waals surface area contributed by atoms with Gasteiger partial charge < -0.3 is 31.7 Å². The normalized spacial score (nSPS) is 21.6. The van der Waals surface area contributed by atoms with Crippen LogP contribution in [0.3, 0.4) is 0 Å². The van der Waals surface area contributed by atoms with E-state index in [-0.39, 0.29) is 54.1 Å². The minimum atomic E-state index is -0.916. The summed E-state index contributed by atoms with van der Waals surface area (Å²) in [6, 6.07) is 5.14. The summed E-state index contributed by atoms with van der Waals surface area (Å²) in [4.78, 5) is 55.4. The molecule has 4 amide bonds. The Balaban J connectivity index is 1.66. The number of nitrogens with zero attached hydrogens (tertiary/aromatic N) is 1. The average molecular weight is 769 g/mol. The van der Waals surface area contributed by atoms with Gasteiger partial charge in [0.25, 0.3) is 0 Å². The fourth-order valence-corrected chi connectivity index (χ4v) is 7.01. The Morgan fingerprint density at radius 3 is 2.32 bits per heavy atom. The van der Waals surface area contributed by atoms with Gasteiger partial charge in [0.2, 0.25) is 23.6 Å². The number of amides is 4. The molecule has 3 rings (SSSR count). The zero-order valence-electron chi connectivity index (χ0n) is 29.0. The number of halogens is 1. The van der Waals surface area contributed by atoms with Crippen LogP contribution < -0.4 is 26.6 Å². The van der Waals surface area contributed by atoms with E-state index in [2.05, 4.69) is 49.2 Å². The largest absolute Gasteiger partial charge is 0.390 e. The predicted molar refractivity (Wildman–Crippen MR) is 192 cm³/mol. The van der Waals surface area contributed by atoms with Crippen molar-refractivity contribution in [2.75, 3.05) is 19.6 Å². The number of likely N-dealkylation sites (tertiary alicyclic amines) is 1. The van der Waals surface area contributed by atoms with Crippen LogP contribution in [0.4, 0.5) is 0 Å². The van der Waals surface area contributed by atoms with Gasteiger partial charge in [-0.15, -0.1) is 0 Å². The van der Waals surface area contributed by atoms with Gasteiger partial charge in [-0.1, -0.05) is 60.1 Å². The van der Waals surface area contributed by atoms with Gasteiger partial charge in [0.15, 0.2) is 0 Å². The first-order valence-corrected chi connectivity index (χ1v) is 18.5. The number of aliphatic hydroxyl groups is 1. The number of carbonyl (C=O) groups excluding carboxylic acids is 4. The van der Waals surface area contributed by atoms with Gasteiger partial charge in [0.1, 0.15) is 12.1 Å². The molecule has 0 saturated carbocycles. The van der Waals surface area contributed by atoms with Crippen LogP contribution in [0.2, 0.25) is 0 Å². The van der Waals surface area contributed by atoms with Crippen molar-refractivity contribution >= 4 is 46.2 Å². The SMILES string of the molecule is CC[C@H](C)[C@H](NC(=O)[C@@H](NC(=O)[C@@H]1CCCN1)C(C)C)C(=O)N[C@H](CC(C)C)[C@@H](O)CN1CCC[C@H]1C(=O)NCc1cccc(I)c1. The third-order valence-electron chi connectivity index (χ3n) is 9.38. The lowest BCUT2D eigenvalue weighted by molar-refractivity contribution is -0.134. The molecule has 2 heterocycles. The number of benzene rings is 1. The second-order valence-electron chi connectivity index (χ2n) is 14.1. The highest BCUT2D eigenvalue weighted by Crippen LogP contribution is 2.21. The monoisotopic (exact) mass is 768 g/mol. The molecule has 12 heteroatoms. The van der Waals surface area contributed by atoms with Gasteiger partial charge in [0.05, 0.1) is 24.2 Å². The van der Waals surface area contributed by atoms with Crippen LogP contribution in [0.5, 0.6) is 0 Å². The maximum absolute atomic E-state index is 13.8. The Morgan fingerprint density at radius 2 is 1.70 bits per heavy atom. The standard InChI is InChI=1S/C35H57IN6O5/c1-7-23(6)31(41-34(46)30(22(4)5)40-32(44)26-13-9-15-37-26)35(47)39-27(17-21(2)3)29(43)20-42-16-10-14-28(42)33(45)38-19-24-11-8-12-25(36)18-24/h8,11-12,18,21-23,26-31,37,43H,7,9-10,13-17,19-20H2,1-6H3,(H,38,45)(H,39,47)(H,40,44)(H,41,46)/t23-,26-,27+,28-,29-,30-,31-/m0/s1. The molecule has 1 aromatic rings. The molecule has 0 spiro atoms. The zero-order valence-corrected chi connectivity index (χ0v) is 31.1. The molecule has 264 valence electrons. The van der Waals surface area contributed by atoms with Crippen LogP contribution in [0, 0.1) is 21.3 Å². The lowest BCUT2D eigenvalue weighted by atomic mass is 9.94. The molecule has 0 aromatic heterocycles. The number of rotatable bonds is 17. The fourth-order valence-electron chi connectivity index (χ4n) is 6.40. The average Bonchev–Trinajstić information content (AvgIpc) is 3.73. The minimum absolute atomic E-state index is 0.0620. The molecule has 6 N–H and O–H groups in total. The van der Waals surface area contributed by atoms with Crippen molar-refractivity contribution in [1.29, 1.82) is 0 Å². The summed E-state index contributed by atoms with van der Waals surface area (Å²) >= 11 is 2.25. The molecule has 1 aromatic carbocycles. The second-order valence-corrected chi connectivity index (χ2v) is 15.3. The predicted octanol–water partition coefficient (Wildman–Crippen LogP) is 2.69. The summed E-state index contributed by atoms with van der Waals surface area (Å²) in [5.41, 5.74) is 1.03. The number of hydrogen-bond acceptors (Lipinski definition) is 7. The Kier molecular flexibility index (Phi) is 15.9. The lowest BCUT2D eigenvalue weighted by Gasteiger charge is -2.33. The van der Waals surface area contributed by atoms with Crippen LogP contribution in [0.25, 0.3) is 0 Å². The molecule has 0 unspecified atom stereocenters. The number of carbonyl (C=O) groups is 4. The highest BCUT2D eigenvalue weighted by atomic mass is 127. The Bertz CT molecular complexity index is 1190. The number of aliphatic hydroxyl groups excluding tert-OH is 1. The van der Waals surface area contributed by atoms with Crippen molar-refractivity contribution in [1.82, 2.24) is 31.5 Å². The van der Waals surface area contributed by atoms with Crippen LogP contribution in [-0.2, 0) is 25.7 Å². The van der Waals surface area contributed by atoms with E-state index in [0.29, 0.717) is 32.4 Å². The van der Waals surface area contributed by atoms with Crippen LogP contribution >= 0.6 is 22.6 Å². The summed E-state index contributed by atoms with van der Waals surface area (Å²) in [5, 5.41) is 26.6. The third kappa shape index (κ3) is 12.0. The van der Waals surface area contributed by atoms with Crippen molar-refractivity contribution in [3.8, 4) is 0 Å². The quantitative estimate of drug-likeness (QED) is 0.134. The van der Waals surface area contributed by atoms with Gasteiger partial charge in [-0.3, -0.25) is 24.1 Å². The summed E-state index contributed by atoms with van der Waals surface area (Å²) < 4.78 is 1.11. The fraction of sp³-hybridized carbons (Fsp3) is 0.714. The van der Waals surface area contributed by atoms with Gasteiger partial charge >= 0.3 is 0 Å². The molecule has 2 saturated heterocycles. The van der Waals surface area contributed by atoms with E-state index in [1.807, 2.05) is 70.7 Å². The first kappa shape index (κ1) is 39.2. The molecule has 2 fully saturated rings. The summed E-state index contributed by atoms with van der Waals surface area (Å²) in [6.07, 6.45) is 3.46. The van der Waals surface area contributed by atoms with Gasteiger partial charge in [-0.25, -0.2) is 0 Å². The van der Waals surface area contributed by atoms with E-state index in [9.17, 15) is 24.3 Å². The van der Waals surface area contributed by atoms with E-state index in [1.54, 1.807) is 0 Å². The molecular formula is C35H57IN6O5. The van der Waals surface area contributed by atoms with Gasteiger partial charge in [-0.05, 0) is 103 Å². The van der Waals surface area contributed by atoms with E-state index in [0.717, 1.165) is 34.9 Å². The maximum atomic E-state index is 13.8.